The van der Waals surface area contributed by atoms with Gasteiger partial charge in [-0.3, -0.25) is 0 Å². The Labute approximate surface area is 99.1 Å². The lowest BCUT2D eigenvalue weighted by Gasteiger charge is -2.05. The number of aromatic nitrogens is 1. The summed E-state index contributed by atoms with van der Waals surface area (Å²) in [4.78, 5) is 11.0. The van der Waals surface area contributed by atoms with Crippen LogP contribution in [-0.2, 0) is 7.05 Å². The van der Waals surface area contributed by atoms with Crippen LogP contribution in [0.1, 0.15) is 10.5 Å². The normalized spacial score (nSPS) is 10.2. The van der Waals surface area contributed by atoms with Crippen LogP contribution in [0.25, 0.3) is 11.1 Å². The number of para-hydroxylation sites is 1. The topological polar surface area (TPSA) is 51.5 Å². The molecule has 0 unspecified atom stereocenters. The van der Waals surface area contributed by atoms with E-state index in [-0.39, 0.29) is 5.69 Å². The monoisotopic (exact) mass is 231 g/mol. The number of hydrogen-bond donors (Lipinski definition) is 1. The van der Waals surface area contributed by atoms with Gasteiger partial charge in [0.1, 0.15) is 11.4 Å². The summed E-state index contributed by atoms with van der Waals surface area (Å²) >= 11 is 0. The summed E-state index contributed by atoms with van der Waals surface area (Å²) in [6.45, 7) is 0. The maximum Gasteiger partial charge on any atom is 0.352 e. The molecule has 88 valence electrons. The zero-order valence-electron chi connectivity index (χ0n) is 9.68. The average Bonchev–Trinajstić information content (AvgIpc) is 2.71. The molecule has 2 aromatic rings. The van der Waals surface area contributed by atoms with Gasteiger partial charge in [0.05, 0.1) is 7.11 Å². The number of carboxylic acids is 1. The molecule has 0 aliphatic heterocycles. The van der Waals surface area contributed by atoms with Crippen LogP contribution in [-0.4, -0.2) is 22.8 Å². The van der Waals surface area contributed by atoms with Gasteiger partial charge in [-0.2, -0.15) is 0 Å². The van der Waals surface area contributed by atoms with Crippen LogP contribution in [0.3, 0.4) is 0 Å². The lowest BCUT2D eigenvalue weighted by atomic mass is 10.1. The standard InChI is InChI=1S/C13H13NO3/c1-14-8-9(7-11(14)13(15)16)10-5-3-4-6-12(10)17-2/h3-8H,1-2H3,(H,15,16). The molecule has 0 saturated heterocycles. The van der Waals surface area contributed by atoms with Crippen LogP contribution in [0.15, 0.2) is 36.5 Å². The molecule has 0 atom stereocenters. The highest BCUT2D eigenvalue weighted by atomic mass is 16.5. The van der Waals surface area contributed by atoms with E-state index in [2.05, 4.69) is 0 Å². The van der Waals surface area contributed by atoms with Crippen LogP contribution in [0.4, 0.5) is 0 Å². The SMILES string of the molecule is COc1ccccc1-c1cc(C(=O)O)n(C)c1. The molecule has 1 heterocycles. The number of hydrogen-bond acceptors (Lipinski definition) is 2. The first-order chi connectivity index (χ1) is 8.13. The maximum absolute atomic E-state index is 11.0. The second-order valence-corrected chi connectivity index (χ2v) is 3.73. The van der Waals surface area contributed by atoms with Crippen LogP contribution in [0, 0.1) is 0 Å². The molecule has 0 aliphatic rings. The Morgan fingerprint density at radius 3 is 2.65 bits per heavy atom. The molecule has 0 saturated carbocycles. The predicted molar refractivity (Wildman–Crippen MR) is 64.4 cm³/mol. The Balaban J connectivity index is 2.53. The third kappa shape index (κ3) is 2.01. The van der Waals surface area contributed by atoms with Crippen molar-refractivity contribution in [3.63, 3.8) is 0 Å². The minimum absolute atomic E-state index is 0.255. The Morgan fingerprint density at radius 1 is 1.35 bits per heavy atom. The molecular weight excluding hydrogens is 218 g/mol. The van der Waals surface area contributed by atoms with Crippen molar-refractivity contribution in [3.8, 4) is 16.9 Å². The van der Waals surface area contributed by atoms with Gasteiger partial charge >= 0.3 is 5.97 Å². The molecule has 4 heteroatoms. The van der Waals surface area contributed by atoms with E-state index in [0.717, 1.165) is 16.9 Å². The number of carbonyl (C=O) groups is 1. The summed E-state index contributed by atoms with van der Waals surface area (Å²) in [5.41, 5.74) is 1.98. The highest BCUT2D eigenvalue weighted by molar-refractivity contribution is 5.88. The Bertz CT molecular complexity index is 558. The van der Waals surface area contributed by atoms with E-state index in [1.54, 1.807) is 31.0 Å². The lowest BCUT2D eigenvalue weighted by Crippen LogP contribution is -2.02. The Hall–Kier alpha value is -2.23. The quantitative estimate of drug-likeness (QED) is 0.882. The molecule has 2 rings (SSSR count). The molecule has 0 bridgehead atoms. The second kappa shape index (κ2) is 4.33. The van der Waals surface area contributed by atoms with E-state index in [0.29, 0.717) is 0 Å². The van der Waals surface area contributed by atoms with Gasteiger partial charge in [0.25, 0.3) is 0 Å². The number of ether oxygens (including phenoxy) is 1. The average molecular weight is 231 g/mol. The van der Waals surface area contributed by atoms with Crippen molar-refractivity contribution in [1.82, 2.24) is 4.57 Å². The molecule has 0 aliphatic carbocycles. The summed E-state index contributed by atoms with van der Waals surface area (Å²) in [5, 5.41) is 9.00. The molecule has 0 fully saturated rings. The van der Waals surface area contributed by atoms with Crippen LogP contribution in [0.5, 0.6) is 5.75 Å². The van der Waals surface area contributed by atoms with Gasteiger partial charge in [-0.15, -0.1) is 0 Å². The number of benzene rings is 1. The summed E-state index contributed by atoms with van der Waals surface area (Å²) < 4.78 is 6.84. The van der Waals surface area contributed by atoms with Crippen molar-refractivity contribution in [2.75, 3.05) is 7.11 Å². The number of methoxy groups -OCH3 is 1. The van der Waals surface area contributed by atoms with E-state index >= 15 is 0 Å². The van der Waals surface area contributed by atoms with Crippen molar-refractivity contribution in [3.05, 3.63) is 42.2 Å². The third-order valence-corrected chi connectivity index (χ3v) is 2.64. The number of carboxylic acid groups (broad SMARTS) is 1. The lowest BCUT2D eigenvalue weighted by molar-refractivity contribution is 0.0686. The molecule has 17 heavy (non-hydrogen) atoms. The second-order valence-electron chi connectivity index (χ2n) is 3.73. The van der Waals surface area contributed by atoms with Crippen LogP contribution in [0.2, 0.25) is 0 Å². The maximum atomic E-state index is 11.0. The fraction of sp³-hybridized carbons (Fsp3) is 0.154. The first kappa shape index (κ1) is 11.3. The van der Waals surface area contributed by atoms with E-state index in [1.807, 2.05) is 24.3 Å². The summed E-state index contributed by atoms with van der Waals surface area (Å²) in [6.07, 6.45) is 1.78. The van der Waals surface area contributed by atoms with Crippen molar-refractivity contribution in [2.45, 2.75) is 0 Å². The smallest absolute Gasteiger partial charge is 0.352 e. The summed E-state index contributed by atoms with van der Waals surface area (Å²) in [5.74, 6) is -0.205. The summed E-state index contributed by atoms with van der Waals surface area (Å²) in [7, 11) is 3.31. The van der Waals surface area contributed by atoms with E-state index in [4.69, 9.17) is 9.84 Å². The molecule has 0 spiro atoms. The van der Waals surface area contributed by atoms with E-state index in [9.17, 15) is 4.79 Å². The number of nitrogens with zero attached hydrogens (tertiary/aromatic N) is 1. The zero-order chi connectivity index (χ0) is 12.4. The molecule has 1 aromatic heterocycles. The number of aryl methyl sites for hydroxylation is 1. The van der Waals surface area contributed by atoms with Gasteiger partial charge in [0.2, 0.25) is 0 Å². The largest absolute Gasteiger partial charge is 0.496 e. The van der Waals surface area contributed by atoms with Crippen molar-refractivity contribution < 1.29 is 14.6 Å². The van der Waals surface area contributed by atoms with E-state index in [1.165, 1.54) is 0 Å². The molecule has 4 nitrogen and oxygen atoms in total. The Kier molecular flexibility index (Phi) is 2.87. The van der Waals surface area contributed by atoms with Gasteiger partial charge in [0, 0.05) is 24.4 Å². The van der Waals surface area contributed by atoms with Gasteiger partial charge in [-0.1, -0.05) is 18.2 Å². The van der Waals surface area contributed by atoms with Crippen molar-refractivity contribution >= 4 is 5.97 Å². The van der Waals surface area contributed by atoms with Crippen LogP contribution >= 0.6 is 0 Å². The van der Waals surface area contributed by atoms with Gasteiger partial charge in [-0.05, 0) is 12.1 Å². The highest BCUT2D eigenvalue weighted by Gasteiger charge is 2.13. The van der Waals surface area contributed by atoms with Crippen molar-refractivity contribution in [1.29, 1.82) is 0 Å². The molecule has 0 amide bonds. The van der Waals surface area contributed by atoms with Crippen molar-refractivity contribution in [2.24, 2.45) is 7.05 Å². The number of rotatable bonds is 3. The first-order valence-electron chi connectivity index (χ1n) is 5.16. The predicted octanol–water partition coefficient (Wildman–Crippen LogP) is 2.40. The third-order valence-electron chi connectivity index (χ3n) is 2.64. The highest BCUT2D eigenvalue weighted by Crippen LogP contribution is 2.30. The van der Waals surface area contributed by atoms with Crippen LogP contribution < -0.4 is 4.74 Å². The minimum atomic E-state index is -0.936. The fourth-order valence-corrected chi connectivity index (χ4v) is 1.81. The Morgan fingerprint density at radius 2 is 2.06 bits per heavy atom. The van der Waals surface area contributed by atoms with E-state index < -0.39 is 5.97 Å². The zero-order valence-corrected chi connectivity index (χ0v) is 9.68. The van der Waals surface area contributed by atoms with Gasteiger partial charge < -0.3 is 14.4 Å². The fourth-order valence-electron chi connectivity index (χ4n) is 1.81. The van der Waals surface area contributed by atoms with Gasteiger partial charge in [0.15, 0.2) is 0 Å². The van der Waals surface area contributed by atoms with Gasteiger partial charge in [-0.25, -0.2) is 4.79 Å². The first-order valence-corrected chi connectivity index (χ1v) is 5.16. The molecular formula is C13H13NO3. The molecule has 1 N–H and O–H groups in total. The summed E-state index contributed by atoms with van der Waals surface area (Å²) in [6, 6.07) is 9.16. The minimum Gasteiger partial charge on any atom is -0.496 e. The molecule has 0 radical (unpaired) electrons. The molecule has 1 aromatic carbocycles. The number of aromatic carboxylic acids is 1.